The van der Waals surface area contributed by atoms with Crippen LogP contribution in [0.25, 0.3) is 11.3 Å². The van der Waals surface area contributed by atoms with Crippen molar-refractivity contribution < 1.29 is 18.3 Å². The van der Waals surface area contributed by atoms with E-state index in [2.05, 4.69) is 10.1 Å². The van der Waals surface area contributed by atoms with Gasteiger partial charge in [0, 0.05) is 23.9 Å². The van der Waals surface area contributed by atoms with Crippen LogP contribution in [0.2, 0.25) is 0 Å². The molecule has 0 aliphatic carbocycles. The molecule has 1 N–H and O–H groups in total. The Bertz CT molecular complexity index is 1460. The normalized spacial score (nSPS) is 13.2. The number of anilines is 1. The van der Waals surface area contributed by atoms with Crippen molar-refractivity contribution in [3.8, 4) is 22.9 Å². The van der Waals surface area contributed by atoms with Crippen molar-refractivity contribution in [2.24, 2.45) is 0 Å². The van der Waals surface area contributed by atoms with E-state index in [9.17, 15) is 13.5 Å². The van der Waals surface area contributed by atoms with E-state index in [0.29, 0.717) is 35.6 Å². The molecule has 0 atom stereocenters. The minimum atomic E-state index is -3.85. The van der Waals surface area contributed by atoms with Gasteiger partial charge in [0.25, 0.3) is 10.0 Å². The van der Waals surface area contributed by atoms with Crippen LogP contribution in [0.5, 0.6) is 11.6 Å². The number of pyridine rings is 1. The van der Waals surface area contributed by atoms with Crippen LogP contribution in [0.1, 0.15) is 16.7 Å². The van der Waals surface area contributed by atoms with Crippen LogP contribution in [0.4, 0.5) is 5.82 Å². The Morgan fingerprint density at radius 3 is 2.65 bits per heavy atom. The molecule has 0 amide bonds. The second-order valence-electron chi connectivity index (χ2n) is 8.17. The van der Waals surface area contributed by atoms with Crippen LogP contribution in [-0.2, 0) is 23.0 Å². The Morgan fingerprint density at radius 1 is 1.09 bits per heavy atom. The van der Waals surface area contributed by atoms with E-state index in [0.717, 1.165) is 16.9 Å². The van der Waals surface area contributed by atoms with E-state index in [-0.39, 0.29) is 17.3 Å². The molecule has 4 aromatic rings. The molecule has 2 aromatic heterocycles. The van der Waals surface area contributed by atoms with Crippen molar-refractivity contribution in [2.75, 3.05) is 18.0 Å². The highest BCUT2D eigenvalue weighted by Gasteiger charge is 2.33. The number of hydrogen-bond donors (Lipinski definition) is 1. The highest BCUT2D eigenvalue weighted by molar-refractivity contribution is 7.92. The van der Waals surface area contributed by atoms with Crippen LogP contribution in [0.3, 0.4) is 0 Å². The monoisotopic (exact) mass is 476 g/mol. The van der Waals surface area contributed by atoms with Gasteiger partial charge in [-0.2, -0.15) is 5.10 Å². The maximum Gasteiger partial charge on any atom is 0.265 e. The minimum Gasteiger partial charge on any atom is -0.497 e. The number of fused-ring (bicyclic) bond motifs is 3. The van der Waals surface area contributed by atoms with Crippen LogP contribution in [-0.4, -0.2) is 41.9 Å². The van der Waals surface area contributed by atoms with E-state index in [4.69, 9.17) is 4.74 Å². The Hall–Kier alpha value is -3.85. The van der Waals surface area contributed by atoms with E-state index in [1.807, 2.05) is 31.2 Å². The third kappa shape index (κ3) is 3.77. The zero-order valence-corrected chi connectivity index (χ0v) is 19.7. The Balaban J connectivity index is 1.57. The lowest BCUT2D eigenvalue weighted by molar-refractivity contribution is 0.402. The van der Waals surface area contributed by atoms with Gasteiger partial charge in [-0.05, 0) is 55.3 Å². The second-order valence-corrected chi connectivity index (χ2v) is 10.0. The fraction of sp³-hybridized carbons (Fsp3) is 0.200. The molecule has 0 saturated carbocycles. The molecule has 8 nitrogen and oxygen atoms in total. The topological polar surface area (TPSA) is 97.5 Å². The molecule has 9 heteroatoms. The first kappa shape index (κ1) is 22.0. The molecular weight excluding hydrogens is 452 g/mol. The lowest BCUT2D eigenvalue weighted by atomic mass is 10.1. The zero-order valence-electron chi connectivity index (χ0n) is 18.8. The number of aryl methyl sites for hydroxylation is 1. The molecule has 0 unspecified atom stereocenters. The number of aromatic nitrogens is 3. The summed E-state index contributed by atoms with van der Waals surface area (Å²) in [6.45, 7) is 2.38. The van der Waals surface area contributed by atoms with Gasteiger partial charge >= 0.3 is 0 Å². The van der Waals surface area contributed by atoms with Gasteiger partial charge in [0.15, 0.2) is 5.82 Å². The summed E-state index contributed by atoms with van der Waals surface area (Å²) in [6.07, 6.45) is 1.86. The molecule has 1 aliphatic heterocycles. The number of nitrogens with zero attached hydrogens (tertiary/aromatic N) is 4. The fourth-order valence-corrected chi connectivity index (χ4v) is 5.60. The van der Waals surface area contributed by atoms with E-state index in [1.54, 1.807) is 49.7 Å². The van der Waals surface area contributed by atoms with Gasteiger partial charge in [-0.25, -0.2) is 22.4 Å². The quantitative estimate of drug-likeness (QED) is 0.471. The Kier molecular flexibility index (Phi) is 5.49. The third-order valence-electron chi connectivity index (χ3n) is 5.94. The van der Waals surface area contributed by atoms with Crippen LogP contribution in [0.15, 0.2) is 71.8 Å². The Labute approximate surface area is 198 Å². The standard InChI is InChI=1S/C25H24N4O4S/c1-17-8-10-20(11-9-17)34(31,32)29-14-12-22-23(21-7-4-13-26-24(21)29)27-28(25(22)30)16-18-5-3-6-19(15-18)33-2/h3-11,13,15,30H,12,14,16H2,1-2H3. The molecule has 0 radical (unpaired) electrons. The van der Waals surface area contributed by atoms with Crippen LogP contribution < -0.4 is 9.04 Å². The summed E-state index contributed by atoms with van der Waals surface area (Å²) in [4.78, 5) is 4.61. The molecule has 0 spiro atoms. The van der Waals surface area contributed by atoms with Crippen molar-refractivity contribution in [3.05, 3.63) is 83.6 Å². The summed E-state index contributed by atoms with van der Waals surface area (Å²) in [5.41, 5.74) is 3.58. The van der Waals surface area contributed by atoms with Crippen LogP contribution >= 0.6 is 0 Å². The van der Waals surface area contributed by atoms with Crippen molar-refractivity contribution in [1.82, 2.24) is 14.8 Å². The van der Waals surface area contributed by atoms with Gasteiger partial charge in [0.2, 0.25) is 5.88 Å². The number of rotatable bonds is 5. The van der Waals surface area contributed by atoms with Gasteiger partial charge in [-0.1, -0.05) is 29.8 Å². The molecule has 0 fully saturated rings. The van der Waals surface area contributed by atoms with Gasteiger partial charge < -0.3 is 9.84 Å². The predicted molar refractivity (Wildman–Crippen MR) is 129 cm³/mol. The first-order valence-electron chi connectivity index (χ1n) is 10.8. The molecular formula is C25H24N4O4S. The van der Waals surface area contributed by atoms with Gasteiger partial charge in [-0.3, -0.25) is 0 Å². The van der Waals surface area contributed by atoms with Crippen LogP contribution in [0, 0.1) is 6.92 Å². The SMILES string of the molecule is COc1cccc(Cn2nc3c(c2O)CCN(S(=O)(=O)c2ccc(C)cc2)c2ncccc2-3)c1. The molecule has 0 saturated heterocycles. The summed E-state index contributed by atoms with van der Waals surface area (Å²) in [5.74, 6) is 1.03. The zero-order chi connectivity index (χ0) is 23.9. The van der Waals surface area contributed by atoms with Gasteiger partial charge in [0.05, 0.1) is 18.6 Å². The predicted octanol–water partition coefficient (Wildman–Crippen LogP) is 3.77. The highest BCUT2D eigenvalue weighted by Crippen LogP contribution is 2.40. The Morgan fingerprint density at radius 2 is 1.88 bits per heavy atom. The minimum absolute atomic E-state index is 0.0159. The number of methoxy groups -OCH3 is 1. The van der Waals surface area contributed by atoms with E-state index >= 15 is 0 Å². The lowest BCUT2D eigenvalue weighted by Gasteiger charge is -2.23. The molecule has 5 rings (SSSR count). The molecule has 1 aliphatic rings. The van der Waals surface area contributed by atoms with Gasteiger partial charge in [0.1, 0.15) is 11.4 Å². The summed E-state index contributed by atoms with van der Waals surface area (Å²) in [6, 6.07) is 17.8. The van der Waals surface area contributed by atoms with Crippen molar-refractivity contribution in [1.29, 1.82) is 0 Å². The maximum atomic E-state index is 13.5. The average Bonchev–Trinajstić information content (AvgIpc) is 3.04. The van der Waals surface area contributed by atoms with Crippen molar-refractivity contribution in [2.45, 2.75) is 24.8 Å². The van der Waals surface area contributed by atoms with Crippen molar-refractivity contribution >= 4 is 15.8 Å². The number of benzene rings is 2. The lowest BCUT2D eigenvalue weighted by Crippen LogP contribution is -2.33. The smallest absolute Gasteiger partial charge is 0.265 e. The summed E-state index contributed by atoms with van der Waals surface area (Å²) in [7, 11) is -2.25. The van der Waals surface area contributed by atoms with E-state index in [1.165, 1.54) is 8.99 Å². The molecule has 3 heterocycles. The number of hydrogen-bond acceptors (Lipinski definition) is 6. The van der Waals surface area contributed by atoms with Crippen molar-refractivity contribution in [3.63, 3.8) is 0 Å². The molecule has 174 valence electrons. The maximum absolute atomic E-state index is 13.5. The first-order chi connectivity index (χ1) is 16.4. The summed E-state index contributed by atoms with van der Waals surface area (Å²) >= 11 is 0. The van der Waals surface area contributed by atoms with E-state index < -0.39 is 10.0 Å². The third-order valence-corrected chi connectivity index (χ3v) is 7.74. The number of sulfonamides is 1. The molecule has 2 aromatic carbocycles. The highest BCUT2D eigenvalue weighted by atomic mass is 32.2. The number of aromatic hydroxyl groups is 1. The average molecular weight is 477 g/mol. The second kappa shape index (κ2) is 8.49. The largest absolute Gasteiger partial charge is 0.497 e. The number of ether oxygens (including phenoxy) is 1. The first-order valence-corrected chi connectivity index (χ1v) is 12.3. The van der Waals surface area contributed by atoms with Gasteiger partial charge in [-0.15, -0.1) is 0 Å². The molecule has 0 bridgehead atoms. The summed E-state index contributed by atoms with van der Waals surface area (Å²) < 4.78 is 35.2. The summed E-state index contributed by atoms with van der Waals surface area (Å²) in [5, 5.41) is 15.7. The fourth-order valence-electron chi connectivity index (χ4n) is 4.16. The molecule has 34 heavy (non-hydrogen) atoms.